The third kappa shape index (κ3) is 5.74. The molecule has 3 aromatic carbocycles. The molecule has 33 heavy (non-hydrogen) atoms. The van der Waals surface area contributed by atoms with Crippen LogP contribution in [0.5, 0.6) is 5.75 Å². The van der Waals surface area contributed by atoms with Gasteiger partial charge >= 0.3 is 0 Å². The highest BCUT2D eigenvalue weighted by molar-refractivity contribution is 7.99. The third-order valence-corrected chi connectivity index (χ3v) is 6.29. The number of hydrogen-bond acceptors (Lipinski definition) is 5. The standard InChI is InChI=1S/C25H23ClN4O2S/c1-17(19-9-13-21(32-2)14-10-19)28-29-24(31)16-33-25-27-22-5-3-4-6-23(22)30(25)15-18-7-11-20(26)12-8-18/h3-14H,15-16H2,1-2H3,(H,29,31)/b28-17+. The summed E-state index contributed by atoms with van der Waals surface area (Å²) in [5.41, 5.74) is 7.27. The molecule has 1 N–H and O–H groups in total. The number of imidazole rings is 1. The number of ether oxygens (including phenoxy) is 1. The third-order valence-electron chi connectivity index (χ3n) is 5.06. The number of carbonyl (C=O) groups excluding carboxylic acids is 1. The lowest BCUT2D eigenvalue weighted by molar-refractivity contribution is -0.118. The van der Waals surface area contributed by atoms with Crippen LogP contribution in [0.15, 0.2) is 83.1 Å². The maximum atomic E-state index is 12.5. The molecule has 4 aromatic rings. The van der Waals surface area contributed by atoms with Crippen molar-refractivity contribution in [3.8, 4) is 5.75 Å². The number of hydrazone groups is 1. The number of nitrogens with zero attached hydrogens (tertiary/aromatic N) is 3. The first-order chi connectivity index (χ1) is 16.0. The van der Waals surface area contributed by atoms with Crippen LogP contribution in [-0.2, 0) is 11.3 Å². The SMILES string of the molecule is COc1ccc(/C(C)=N/NC(=O)CSc2nc3ccccc3n2Cc2ccc(Cl)cc2)cc1. The van der Waals surface area contributed by atoms with Gasteiger partial charge in [-0.2, -0.15) is 5.10 Å². The van der Waals surface area contributed by atoms with E-state index in [2.05, 4.69) is 15.1 Å². The predicted molar refractivity (Wildman–Crippen MR) is 134 cm³/mol. The molecule has 1 amide bonds. The minimum absolute atomic E-state index is 0.196. The average molecular weight is 479 g/mol. The number of fused-ring (bicyclic) bond motifs is 1. The number of amides is 1. The Morgan fingerprint density at radius 3 is 2.55 bits per heavy atom. The van der Waals surface area contributed by atoms with Crippen LogP contribution in [0.3, 0.4) is 0 Å². The van der Waals surface area contributed by atoms with Gasteiger partial charge in [0.05, 0.1) is 36.2 Å². The molecule has 4 rings (SSSR count). The quantitative estimate of drug-likeness (QED) is 0.210. The van der Waals surface area contributed by atoms with Crippen LogP contribution in [-0.4, -0.2) is 34.0 Å². The van der Waals surface area contributed by atoms with E-state index in [0.717, 1.165) is 33.1 Å². The van der Waals surface area contributed by atoms with E-state index in [1.54, 1.807) is 7.11 Å². The highest BCUT2D eigenvalue weighted by Crippen LogP contribution is 2.25. The Labute approximate surface area is 201 Å². The predicted octanol–water partition coefficient (Wildman–Crippen LogP) is 5.38. The summed E-state index contributed by atoms with van der Waals surface area (Å²) < 4.78 is 7.28. The monoisotopic (exact) mass is 478 g/mol. The summed E-state index contributed by atoms with van der Waals surface area (Å²) in [7, 11) is 1.62. The van der Waals surface area contributed by atoms with Crippen molar-refractivity contribution in [2.24, 2.45) is 5.10 Å². The number of halogens is 1. The second-order valence-corrected chi connectivity index (χ2v) is 8.72. The lowest BCUT2D eigenvalue weighted by atomic mass is 10.1. The lowest BCUT2D eigenvalue weighted by Crippen LogP contribution is -2.21. The van der Waals surface area contributed by atoms with Crippen LogP contribution in [0, 0.1) is 0 Å². The van der Waals surface area contributed by atoms with Gasteiger partial charge in [0.25, 0.3) is 5.91 Å². The zero-order chi connectivity index (χ0) is 23.2. The minimum atomic E-state index is -0.196. The fraction of sp³-hybridized carbons (Fsp3) is 0.160. The molecule has 8 heteroatoms. The molecule has 0 aliphatic heterocycles. The number of hydrogen-bond donors (Lipinski definition) is 1. The van der Waals surface area contributed by atoms with Crippen LogP contribution >= 0.6 is 23.4 Å². The van der Waals surface area contributed by atoms with Crippen molar-refractivity contribution >= 4 is 46.0 Å². The Hall–Kier alpha value is -3.29. The maximum Gasteiger partial charge on any atom is 0.250 e. The normalized spacial score (nSPS) is 11.5. The number of para-hydroxylation sites is 2. The molecule has 0 atom stereocenters. The molecule has 0 fully saturated rings. The average Bonchev–Trinajstić information content (AvgIpc) is 3.20. The Morgan fingerprint density at radius 2 is 1.82 bits per heavy atom. The second-order valence-electron chi connectivity index (χ2n) is 7.35. The van der Waals surface area contributed by atoms with Gasteiger partial charge in [-0.1, -0.05) is 47.6 Å². The number of rotatable bonds is 8. The van der Waals surface area contributed by atoms with E-state index < -0.39 is 0 Å². The Kier molecular flexibility index (Phi) is 7.32. The van der Waals surface area contributed by atoms with E-state index in [1.165, 1.54) is 11.8 Å². The van der Waals surface area contributed by atoms with Crippen molar-refractivity contribution in [3.63, 3.8) is 0 Å². The van der Waals surface area contributed by atoms with Gasteiger partial charge in [0, 0.05) is 5.02 Å². The van der Waals surface area contributed by atoms with Crippen LogP contribution in [0.2, 0.25) is 5.02 Å². The molecule has 0 bridgehead atoms. The summed E-state index contributed by atoms with van der Waals surface area (Å²) in [5.74, 6) is 0.773. The van der Waals surface area contributed by atoms with Crippen LogP contribution in [0.4, 0.5) is 0 Å². The van der Waals surface area contributed by atoms with Crippen molar-refractivity contribution in [1.82, 2.24) is 15.0 Å². The van der Waals surface area contributed by atoms with Gasteiger partial charge in [0.2, 0.25) is 0 Å². The summed E-state index contributed by atoms with van der Waals surface area (Å²) in [6.07, 6.45) is 0. The largest absolute Gasteiger partial charge is 0.497 e. The first-order valence-corrected chi connectivity index (χ1v) is 11.7. The summed E-state index contributed by atoms with van der Waals surface area (Å²) >= 11 is 7.41. The van der Waals surface area contributed by atoms with Crippen molar-refractivity contribution in [2.75, 3.05) is 12.9 Å². The van der Waals surface area contributed by atoms with Crippen LogP contribution in [0.1, 0.15) is 18.1 Å². The summed E-state index contributed by atoms with van der Waals surface area (Å²) in [5, 5.41) is 5.70. The molecule has 1 aromatic heterocycles. The molecular formula is C25H23ClN4O2S. The molecule has 0 radical (unpaired) electrons. The second kappa shape index (κ2) is 10.6. The minimum Gasteiger partial charge on any atom is -0.497 e. The van der Waals surface area contributed by atoms with E-state index >= 15 is 0 Å². The van der Waals surface area contributed by atoms with Crippen LogP contribution in [0.25, 0.3) is 11.0 Å². The number of benzene rings is 3. The Bertz CT molecular complexity index is 1280. The molecule has 1 heterocycles. The van der Waals surface area contributed by atoms with Gasteiger partial charge in [-0.15, -0.1) is 0 Å². The lowest BCUT2D eigenvalue weighted by Gasteiger charge is -2.09. The first kappa shape index (κ1) is 22.9. The van der Waals surface area contributed by atoms with E-state index in [0.29, 0.717) is 17.3 Å². The fourth-order valence-corrected chi connectivity index (χ4v) is 4.23. The molecule has 0 spiro atoms. The zero-order valence-electron chi connectivity index (χ0n) is 18.3. The molecule has 0 unspecified atom stereocenters. The van der Waals surface area contributed by atoms with E-state index in [9.17, 15) is 4.79 Å². The number of methoxy groups -OCH3 is 1. The topological polar surface area (TPSA) is 68.5 Å². The fourth-order valence-electron chi connectivity index (χ4n) is 3.29. The Morgan fingerprint density at radius 1 is 1.09 bits per heavy atom. The van der Waals surface area contributed by atoms with E-state index in [-0.39, 0.29) is 11.7 Å². The van der Waals surface area contributed by atoms with E-state index in [1.807, 2.05) is 79.7 Å². The number of carbonyl (C=O) groups is 1. The molecule has 0 aliphatic rings. The molecule has 168 valence electrons. The summed E-state index contributed by atoms with van der Waals surface area (Å²) in [6.45, 7) is 2.48. The molecule has 0 aliphatic carbocycles. The maximum absolute atomic E-state index is 12.5. The summed E-state index contributed by atoms with van der Waals surface area (Å²) in [4.78, 5) is 17.2. The van der Waals surface area contributed by atoms with Gasteiger partial charge in [-0.3, -0.25) is 4.79 Å². The molecular weight excluding hydrogens is 456 g/mol. The highest BCUT2D eigenvalue weighted by Gasteiger charge is 2.13. The van der Waals surface area contributed by atoms with Gasteiger partial charge in [-0.25, -0.2) is 10.4 Å². The van der Waals surface area contributed by atoms with E-state index in [4.69, 9.17) is 21.3 Å². The first-order valence-electron chi connectivity index (χ1n) is 10.3. The molecule has 0 saturated heterocycles. The Balaban J connectivity index is 1.44. The van der Waals surface area contributed by atoms with Crippen molar-refractivity contribution < 1.29 is 9.53 Å². The number of nitrogens with one attached hydrogen (secondary N) is 1. The molecule has 0 saturated carbocycles. The zero-order valence-corrected chi connectivity index (χ0v) is 19.9. The number of aromatic nitrogens is 2. The van der Waals surface area contributed by atoms with Crippen molar-refractivity contribution in [1.29, 1.82) is 0 Å². The smallest absolute Gasteiger partial charge is 0.250 e. The highest BCUT2D eigenvalue weighted by atomic mass is 35.5. The van der Waals surface area contributed by atoms with Crippen molar-refractivity contribution in [3.05, 3.63) is 88.9 Å². The van der Waals surface area contributed by atoms with Gasteiger partial charge in [0.15, 0.2) is 5.16 Å². The summed E-state index contributed by atoms with van der Waals surface area (Å²) in [6, 6.07) is 23.2. The van der Waals surface area contributed by atoms with Crippen molar-refractivity contribution in [2.45, 2.75) is 18.6 Å². The van der Waals surface area contributed by atoms with Gasteiger partial charge in [-0.05, 0) is 66.6 Å². The van der Waals surface area contributed by atoms with Gasteiger partial charge in [0.1, 0.15) is 5.75 Å². The van der Waals surface area contributed by atoms with Gasteiger partial charge < -0.3 is 9.30 Å². The number of thioether (sulfide) groups is 1. The van der Waals surface area contributed by atoms with Crippen LogP contribution < -0.4 is 10.2 Å². The molecule has 6 nitrogen and oxygen atoms in total.